The van der Waals surface area contributed by atoms with Crippen LogP contribution in [0.5, 0.6) is 0 Å². The van der Waals surface area contributed by atoms with E-state index in [1.165, 1.54) is 23.9 Å². The molecule has 8 heteroatoms. The van der Waals surface area contributed by atoms with Crippen molar-refractivity contribution in [2.75, 3.05) is 5.32 Å². The Morgan fingerprint density at radius 2 is 2.04 bits per heavy atom. The normalized spacial score (nSPS) is 12.0. The van der Waals surface area contributed by atoms with Crippen molar-refractivity contribution in [3.63, 3.8) is 0 Å². The lowest BCUT2D eigenvalue weighted by Crippen LogP contribution is -2.23. The number of hydrogen-bond donors (Lipinski definition) is 1. The highest BCUT2D eigenvalue weighted by Gasteiger charge is 2.20. The van der Waals surface area contributed by atoms with E-state index in [0.29, 0.717) is 17.4 Å². The van der Waals surface area contributed by atoms with Crippen LogP contribution in [0.25, 0.3) is 11.4 Å². The maximum Gasteiger partial charge on any atom is 0.237 e. The van der Waals surface area contributed by atoms with Crippen LogP contribution < -0.4 is 5.32 Å². The average molecular weight is 371 g/mol. The summed E-state index contributed by atoms with van der Waals surface area (Å²) in [5, 5.41) is 11.4. The number of pyridine rings is 1. The van der Waals surface area contributed by atoms with E-state index in [1.54, 1.807) is 31.5 Å². The van der Waals surface area contributed by atoms with Crippen molar-refractivity contribution in [1.82, 2.24) is 19.7 Å². The number of thioether (sulfide) groups is 1. The molecule has 3 aromatic rings. The average Bonchev–Trinajstić information content (AvgIpc) is 3.05. The number of hydrogen-bond acceptors (Lipinski definition) is 5. The van der Waals surface area contributed by atoms with Crippen LogP contribution in [0.15, 0.2) is 53.9 Å². The minimum absolute atomic E-state index is 0.225. The fourth-order valence-corrected chi connectivity index (χ4v) is 3.31. The fraction of sp³-hybridized carbons (Fsp3) is 0.222. The van der Waals surface area contributed by atoms with E-state index >= 15 is 0 Å². The van der Waals surface area contributed by atoms with Crippen LogP contribution in [0.1, 0.15) is 13.8 Å². The molecular weight excluding hydrogens is 353 g/mol. The molecule has 0 unspecified atom stereocenters. The zero-order chi connectivity index (χ0) is 18.5. The molecule has 0 aliphatic carbocycles. The van der Waals surface area contributed by atoms with E-state index in [9.17, 15) is 9.18 Å². The van der Waals surface area contributed by atoms with Crippen LogP contribution >= 0.6 is 11.8 Å². The minimum Gasteiger partial charge on any atom is -0.325 e. The molecule has 6 nitrogen and oxygen atoms in total. The molecule has 0 saturated carbocycles. The second-order valence-electron chi connectivity index (χ2n) is 5.55. The number of carbonyl (C=O) groups is 1. The summed E-state index contributed by atoms with van der Waals surface area (Å²) in [7, 11) is 0. The first-order valence-electron chi connectivity index (χ1n) is 8.15. The number of nitrogens with zero attached hydrogens (tertiary/aromatic N) is 4. The summed E-state index contributed by atoms with van der Waals surface area (Å²) in [5.74, 6) is 0.114. The third-order valence-electron chi connectivity index (χ3n) is 3.72. The summed E-state index contributed by atoms with van der Waals surface area (Å²) in [6.45, 7) is 4.45. The third-order valence-corrected chi connectivity index (χ3v) is 4.80. The third kappa shape index (κ3) is 4.08. The Morgan fingerprint density at radius 3 is 2.73 bits per heavy atom. The summed E-state index contributed by atoms with van der Waals surface area (Å²) in [5.41, 5.74) is 1.34. The molecule has 0 aliphatic heterocycles. The quantitative estimate of drug-likeness (QED) is 0.670. The molecule has 134 valence electrons. The van der Waals surface area contributed by atoms with E-state index in [-0.39, 0.29) is 5.91 Å². The van der Waals surface area contributed by atoms with Crippen LogP contribution in [-0.2, 0) is 11.3 Å². The molecule has 0 radical (unpaired) electrons. The van der Waals surface area contributed by atoms with Gasteiger partial charge in [0.05, 0.1) is 5.25 Å². The van der Waals surface area contributed by atoms with Crippen molar-refractivity contribution in [3.05, 3.63) is 54.6 Å². The summed E-state index contributed by atoms with van der Waals surface area (Å²) in [6, 6.07) is 9.55. The Labute approximate surface area is 154 Å². The Bertz CT molecular complexity index is 900. The molecule has 26 heavy (non-hydrogen) atoms. The minimum atomic E-state index is -0.418. The fourth-order valence-electron chi connectivity index (χ4n) is 2.40. The van der Waals surface area contributed by atoms with Gasteiger partial charge in [0.1, 0.15) is 5.82 Å². The van der Waals surface area contributed by atoms with Crippen molar-refractivity contribution < 1.29 is 9.18 Å². The number of benzene rings is 1. The molecule has 3 rings (SSSR count). The lowest BCUT2D eigenvalue weighted by molar-refractivity contribution is -0.115. The van der Waals surface area contributed by atoms with Gasteiger partial charge in [-0.15, -0.1) is 10.2 Å². The number of carbonyl (C=O) groups excluding carboxylic acids is 1. The second kappa shape index (κ2) is 8.09. The first kappa shape index (κ1) is 18.1. The molecule has 0 saturated heterocycles. The topological polar surface area (TPSA) is 72.7 Å². The predicted molar refractivity (Wildman–Crippen MR) is 99.3 cm³/mol. The summed E-state index contributed by atoms with van der Waals surface area (Å²) >= 11 is 1.31. The summed E-state index contributed by atoms with van der Waals surface area (Å²) in [6.07, 6.45) is 3.40. The molecule has 1 atom stereocenters. The first-order valence-corrected chi connectivity index (χ1v) is 9.03. The summed E-state index contributed by atoms with van der Waals surface area (Å²) < 4.78 is 15.2. The molecule has 1 aromatic carbocycles. The van der Waals surface area contributed by atoms with Crippen LogP contribution in [0.3, 0.4) is 0 Å². The Morgan fingerprint density at radius 1 is 1.27 bits per heavy atom. The van der Waals surface area contributed by atoms with Crippen LogP contribution in [0.4, 0.5) is 10.1 Å². The van der Waals surface area contributed by atoms with E-state index < -0.39 is 11.1 Å². The largest absolute Gasteiger partial charge is 0.325 e. The van der Waals surface area contributed by atoms with Gasteiger partial charge in [-0.2, -0.15) is 0 Å². The molecule has 1 N–H and O–H groups in total. The molecule has 0 spiro atoms. The lowest BCUT2D eigenvalue weighted by Gasteiger charge is -2.13. The smallest absolute Gasteiger partial charge is 0.237 e. The standard InChI is InChI=1S/C18H18FN5OS/c1-3-24-16(13-7-9-20-10-8-13)22-23-18(24)26-12(2)17(25)21-15-6-4-5-14(19)11-15/h4-12H,3H2,1-2H3,(H,21,25)/t12-/m0/s1. The highest BCUT2D eigenvalue weighted by molar-refractivity contribution is 8.00. The highest BCUT2D eigenvalue weighted by atomic mass is 32.2. The van der Waals surface area contributed by atoms with Gasteiger partial charge in [-0.05, 0) is 44.2 Å². The van der Waals surface area contributed by atoms with Gasteiger partial charge in [0, 0.05) is 30.2 Å². The van der Waals surface area contributed by atoms with Crippen molar-refractivity contribution in [1.29, 1.82) is 0 Å². The van der Waals surface area contributed by atoms with Gasteiger partial charge >= 0.3 is 0 Å². The number of amides is 1. The van der Waals surface area contributed by atoms with E-state index in [1.807, 2.05) is 23.6 Å². The van der Waals surface area contributed by atoms with Gasteiger partial charge < -0.3 is 9.88 Å². The monoisotopic (exact) mass is 371 g/mol. The van der Waals surface area contributed by atoms with Gasteiger partial charge in [0.25, 0.3) is 0 Å². The van der Waals surface area contributed by atoms with E-state index in [0.717, 1.165) is 11.4 Å². The maximum absolute atomic E-state index is 13.2. The highest BCUT2D eigenvalue weighted by Crippen LogP contribution is 2.27. The number of rotatable bonds is 6. The summed E-state index contributed by atoms with van der Waals surface area (Å²) in [4.78, 5) is 16.4. The van der Waals surface area contributed by atoms with Crippen molar-refractivity contribution in [2.45, 2.75) is 30.8 Å². The number of halogens is 1. The van der Waals surface area contributed by atoms with Gasteiger partial charge in [0.15, 0.2) is 11.0 Å². The van der Waals surface area contributed by atoms with E-state index in [2.05, 4.69) is 20.5 Å². The maximum atomic E-state index is 13.2. The number of aromatic nitrogens is 4. The van der Waals surface area contributed by atoms with Crippen LogP contribution in [-0.4, -0.2) is 30.9 Å². The molecule has 0 bridgehead atoms. The zero-order valence-corrected chi connectivity index (χ0v) is 15.2. The lowest BCUT2D eigenvalue weighted by atomic mass is 10.2. The van der Waals surface area contributed by atoms with Gasteiger partial charge in [0.2, 0.25) is 5.91 Å². The molecule has 1 amide bonds. The molecule has 2 heterocycles. The van der Waals surface area contributed by atoms with Gasteiger partial charge in [-0.25, -0.2) is 4.39 Å². The Hall–Kier alpha value is -2.74. The second-order valence-corrected chi connectivity index (χ2v) is 6.85. The van der Waals surface area contributed by atoms with Crippen molar-refractivity contribution in [3.8, 4) is 11.4 Å². The van der Waals surface area contributed by atoms with Crippen molar-refractivity contribution >= 4 is 23.4 Å². The molecule has 0 fully saturated rings. The Balaban J connectivity index is 1.74. The van der Waals surface area contributed by atoms with E-state index in [4.69, 9.17) is 0 Å². The SMILES string of the molecule is CCn1c(S[C@@H](C)C(=O)Nc2cccc(F)c2)nnc1-c1ccncc1. The molecule has 2 aromatic heterocycles. The Kier molecular flexibility index (Phi) is 5.62. The van der Waals surface area contributed by atoms with Gasteiger partial charge in [-0.1, -0.05) is 17.8 Å². The number of nitrogens with one attached hydrogen (secondary N) is 1. The van der Waals surface area contributed by atoms with Gasteiger partial charge in [-0.3, -0.25) is 9.78 Å². The molecule has 0 aliphatic rings. The zero-order valence-electron chi connectivity index (χ0n) is 14.4. The number of anilines is 1. The van der Waals surface area contributed by atoms with Crippen molar-refractivity contribution in [2.24, 2.45) is 0 Å². The van der Waals surface area contributed by atoms with Crippen LogP contribution in [0, 0.1) is 5.82 Å². The van der Waals surface area contributed by atoms with Crippen LogP contribution in [0.2, 0.25) is 0 Å². The first-order chi connectivity index (χ1) is 12.6. The molecular formula is C18H18FN5OS. The predicted octanol–water partition coefficient (Wildman–Crippen LogP) is 3.62.